The molecule has 2 N–H and O–H groups in total. The maximum atomic E-state index is 5.64. The van der Waals surface area contributed by atoms with Gasteiger partial charge in [-0.2, -0.15) is 0 Å². The lowest BCUT2D eigenvalue weighted by molar-refractivity contribution is 0.296. The molecule has 1 atom stereocenters. The van der Waals surface area contributed by atoms with Gasteiger partial charge in [-0.05, 0) is 30.2 Å². The van der Waals surface area contributed by atoms with Crippen molar-refractivity contribution in [3.05, 3.63) is 54.6 Å². The molecule has 0 aliphatic carbocycles. The minimum atomic E-state index is 0.0591. The number of nitrogens with two attached hydrogens (primary N) is 1. The molecule has 0 aromatic heterocycles. The maximum absolute atomic E-state index is 5.64. The minimum absolute atomic E-state index is 0.0591. The summed E-state index contributed by atoms with van der Waals surface area (Å²) < 4.78 is 5.53. The first-order valence-corrected chi connectivity index (χ1v) is 5.79. The van der Waals surface area contributed by atoms with Gasteiger partial charge in [0.1, 0.15) is 12.4 Å². The molecule has 1 unspecified atom stereocenters. The Morgan fingerprint density at radius 2 is 1.53 bits per heavy atom. The lowest BCUT2D eigenvalue weighted by atomic mass is 10.1. The molecule has 0 saturated carbocycles. The van der Waals surface area contributed by atoms with Crippen LogP contribution in [0.5, 0.6) is 5.75 Å². The average Bonchev–Trinajstić information content (AvgIpc) is 2.38. The molecule has 88 valence electrons. The summed E-state index contributed by atoms with van der Waals surface area (Å²) in [6, 6.07) is 18.4. The van der Waals surface area contributed by atoms with Crippen LogP contribution in [0.2, 0.25) is 0 Å². The van der Waals surface area contributed by atoms with Crippen LogP contribution in [0.1, 0.15) is 6.92 Å². The molecule has 2 nitrogen and oxygen atoms in total. The van der Waals surface area contributed by atoms with Crippen molar-refractivity contribution in [1.82, 2.24) is 0 Å². The van der Waals surface area contributed by atoms with Crippen molar-refractivity contribution >= 4 is 0 Å². The van der Waals surface area contributed by atoms with Crippen molar-refractivity contribution in [3.63, 3.8) is 0 Å². The first-order chi connectivity index (χ1) is 8.25. The lowest BCUT2D eigenvalue weighted by Crippen LogP contribution is -2.23. The van der Waals surface area contributed by atoms with Gasteiger partial charge in [-0.1, -0.05) is 42.5 Å². The molecule has 0 bridgehead atoms. The summed E-state index contributed by atoms with van der Waals surface area (Å²) in [5.41, 5.74) is 8.04. The highest BCUT2D eigenvalue weighted by Crippen LogP contribution is 2.21. The molecular formula is C15H17NO. The molecule has 2 aromatic carbocycles. The molecule has 0 saturated heterocycles. The zero-order chi connectivity index (χ0) is 12.1. The molecule has 0 heterocycles. The average molecular weight is 227 g/mol. The van der Waals surface area contributed by atoms with Crippen molar-refractivity contribution in [3.8, 4) is 16.9 Å². The second-order valence-corrected chi connectivity index (χ2v) is 4.18. The summed E-state index contributed by atoms with van der Waals surface area (Å²) in [5, 5.41) is 0. The fourth-order valence-corrected chi connectivity index (χ4v) is 1.60. The first-order valence-electron chi connectivity index (χ1n) is 5.79. The summed E-state index contributed by atoms with van der Waals surface area (Å²) in [6.45, 7) is 2.48. The largest absolute Gasteiger partial charge is 0.492 e. The van der Waals surface area contributed by atoms with E-state index >= 15 is 0 Å². The van der Waals surface area contributed by atoms with Gasteiger partial charge in [-0.25, -0.2) is 0 Å². The van der Waals surface area contributed by atoms with E-state index in [-0.39, 0.29) is 6.04 Å². The number of benzene rings is 2. The molecule has 0 amide bonds. The van der Waals surface area contributed by atoms with Crippen LogP contribution in [0.4, 0.5) is 0 Å². The van der Waals surface area contributed by atoms with Crippen molar-refractivity contribution in [1.29, 1.82) is 0 Å². The lowest BCUT2D eigenvalue weighted by Gasteiger charge is -2.09. The van der Waals surface area contributed by atoms with E-state index in [1.54, 1.807) is 0 Å². The summed E-state index contributed by atoms with van der Waals surface area (Å²) in [7, 11) is 0. The molecular weight excluding hydrogens is 210 g/mol. The highest BCUT2D eigenvalue weighted by Gasteiger charge is 1.99. The quantitative estimate of drug-likeness (QED) is 0.871. The molecule has 0 fully saturated rings. The van der Waals surface area contributed by atoms with E-state index in [9.17, 15) is 0 Å². The number of hydrogen-bond acceptors (Lipinski definition) is 2. The zero-order valence-corrected chi connectivity index (χ0v) is 9.97. The Hall–Kier alpha value is -1.80. The van der Waals surface area contributed by atoms with Crippen molar-refractivity contribution < 1.29 is 4.74 Å². The van der Waals surface area contributed by atoms with Gasteiger partial charge in [0.05, 0.1) is 0 Å². The standard InChI is InChI=1S/C15H17NO/c1-12(16)11-17-15-9-7-14(8-10-15)13-5-3-2-4-6-13/h2-10,12H,11,16H2,1H3. The summed E-state index contributed by atoms with van der Waals surface area (Å²) in [6.07, 6.45) is 0. The molecule has 0 spiro atoms. The van der Waals surface area contributed by atoms with E-state index in [1.165, 1.54) is 11.1 Å². The van der Waals surface area contributed by atoms with Crippen LogP contribution < -0.4 is 10.5 Å². The minimum Gasteiger partial charge on any atom is -0.492 e. The van der Waals surface area contributed by atoms with Gasteiger partial charge in [0.2, 0.25) is 0 Å². The second kappa shape index (κ2) is 5.51. The zero-order valence-electron chi connectivity index (χ0n) is 9.97. The molecule has 0 aliphatic heterocycles. The SMILES string of the molecule is CC(N)COc1ccc(-c2ccccc2)cc1. The van der Waals surface area contributed by atoms with E-state index < -0.39 is 0 Å². The molecule has 2 heteroatoms. The fourth-order valence-electron chi connectivity index (χ4n) is 1.60. The first kappa shape index (κ1) is 11.7. The van der Waals surface area contributed by atoms with Crippen LogP contribution in [0, 0.1) is 0 Å². The van der Waals surface area contributed by atoms with Gasteiger partial charge in [0, 0.05) is 6.04 Å². The number of rotatable bonds is 4. The predicted molar refractivity (Wildman–Crippen MR) is 71.0 cm³/mol. The Morgan fingerprint density at radius 1 is 0.941 bits per heavy atom. The Labute approximate surface area is 102 Å². The van der Waals surface area contributed by atoms with Gasteiger partial charge in [0.15, 0.2) is 0 Å². The van der Waals surface area contributed by atoms with E-state index in [0.29, 0.717) is 6.61 Å². The van der Waals surface area contributed by atoms with Gasteiger partial charge in [-0.3, -0.25) is 0 Å². The highest BCUT2D eigenvalue weighted by atomic mass is 16.5. The predicted octanol–water partition coefficient (Wildman–Crippen LogP) is 3.08. The Bertz CT molecular complexity index is 448. The Kier molecular flexibility index (Phi) is 3.78. The third kappa shape index (κ3) is 3.33. The monoisotopic (exact) mass is 227 g/mol. The van der Waals surface area contributed by atoms with Crippen LogP contribution >= 0.6 is 0 Å². The van der Waals surface area contributed by atoms with Gasteiger partial charge < -0.3 is 10.5 Å². The molecule has 2 rings (SSSR count). The van der Waals surface area contributed by atoms with Gasteiger partial charge in [-0.15, -0.1) is 0 Å². The smallest absolute Gasteiger partial charge is 0.119 e. The summed E-state index contributed by atoms with van der Waals surface area (Å²) in [4.78, 5) is 0. The molecule has 0 radical (unpaired) electrons. The molecule has 17 heavy (non-hydrogen) atoms. The van der Waals surface area contributed by atoms with E-state index in [1.807, 2.05) is 37.3 Å². The number of hydrogen-bond donors (Lipinski definition) is 1. The van der Waals surface area contributed by atoms with Gasteiger partial charge >= 0.3 is 0 Å². The van der Waals surface area contributed by atoms with Crippen molar-refractivity contribution in [2.75, 3.05) is 6.61 Å². The highest BCUT2D eigenvalue weighted by molar-refractivity contribution is 5.63. The maximum Gasteiger partial charge on any atom is 0.119 e. The van der Waals surface area contributed by atoms with Crippen molar-refractivity contribution in [2.24, 2.45) is 5.73 Å². The third-order valence-corrected chi connectivity index (χ3v) is 2.47. The summed E-state index contributed by atoms with van der Waals surface area (Å²) in [5.74, 6) is 0.863. The Morgan fingerprint density at radius 3 is 2.12 bits per heavy atom. The normalized spacial score (nSPS) is 12.1. The molecule has 2 aromatic rings. The molecule has 0 aliphatic rings. The second-order valence-electron chi connectivity index (χ2n) is 4.18. The van der Waals surface area contributed by atoms with E-state index in [4.69, 9.17) is 10.5 Å². The topological polar surface area (TPSA) is 35.2 Å². The van der Waals surface area contributed by atoms with Crippen LogP contribution in [0.15, 0.2) is 54.6 Å². The fraction of sp³-hybridized carbons (Fsp3) is 0.200. The third-order valence-electron chi connectivity index (χ3n) is 2.47. The van der Waals surface area contributed by atoms with E-state index in [2.05, 4.69) is 24.3 Å². The number of ether oxygens (including phenoxy) is 1. The van der Waals surface area contributed by atoms with E-state index in [0.717, 1.165) is 5.75 Å². The van der Waals surface area contributed by atoms with Gasteiger partial charge in [0.25, 0.3) is 0 Å². The Balaban J connectivity index is 2.08. The van der Waals surface area contributed by atoms with Crippen molar-refractivity contribution in [2.45, 2.75) is 13.0 Å². The summed E-state index contributed by atoms with van der Waals surface area (Å²) >= 11 is 0. The van der Waals surface area contributed by atoms with Crippen LogP contribution in [0.3, 0.4) is 0 Å². The van der Waals surface area contributed by atoms with Crippen LogP contribution in [-0.4, -0.2) is 12.6 Å². The van der Waals surface area contributed by atoms with Crippen LogP contribution in [0.25, 0.3) is 11.1 Å². The van der Waals surface area contributed by atoms with Crippen LogP contribution in [-0.2, 0) is 0 Å².